The Hall–Kier alpha value is -1.69. The molecule has 0 aliphatic heterocycles. The first-order valence-corrected chi connectivity index (χ1v) is 4.89. The van der Waals surface area contributed by atoms with Gasteiger partial charge in [-0.05, 0) is 6.92 Å². The van der Waals surface area contributed by atoms with Gasteiger partial charge in [0.25, 0.3) is 0 Å². The topological polar surface area (TPSA) is 95.2 Å². The fourth-order valence-corrected chi connectivity index (χ4v) is 1.24. The summed E-state index contributed by atoms with van der Waals surface area (Å²) in [6.07, 6.45) is 0.799. The number of anilines is 1. The number of carbonyl (C=O) groups excluding carboxylic acids is 2. The van der Waals surface area contributed by atoms with E-state index in [0.29, 0.717) is 0 Å². The molecule has 2 N–H and O–H groups in total. The van der Waals surface area contributed by atoms with Crippen molar-refractivity contribution in [3.05, 3.63) is 16.9 Å². The summed E-state index contributed by atoms with van der Waals surface area (Å²) in [5, 5.41) is -0.0678. The van der Waals surface area contributed by atoms with Crippen molar-refractivity contribution in [2.45, 2.75) is 13.3 Å². The molecule has 0 aliphatic rings. The zero-order chi connectivity index (χ0) is 12.1. The number of halogens is 1. The van der Waals surface area contributed by atoms with Crippen LogP contribution in [-0.2, 0) is 9.53 Å². The van der Waals surface area contributed by atoms with Crippen LogP contribution in [-0.4, -0.2) is 28.3 Å². The lowest BCUT2D eigenvalue weighted by atomic mass is 10.2. The number of nitrogens with two attached hydrogens (primary N) is 1. The molecule has 0 amide bonds. The molecule has 1 aromatic heterocycles. The van der Waals surface area contributed by atoms with Crippen molar-refractivity contribution in [1.82, 2.24) is 9.97 Å². The van der Waals surface area contributed by atoms with Crippen LogP contribution in [0.25, 0.3) is 0 Å². The average molecular weight is 244 g/mol. The van der Waals surface area contributed by atoms with Crippen LogP contribution in [0, 0.1) is 0 Å². The lowest BCUT2D eigenvalue weighted by molar-refractivity contribution is -0.141. The van der Waals surface area contributed by atoms with Crippen LogP contribution in [0.1, 0.15) is 23.7 Å². The monoisotopic (exact) mass is 243 g/mol. The van der Waals surface area contributed by atoms with Gasteiger partial charge in [0.2, 0.25) is 5.95 Å². The highest BCUT2D eigenvalue weighted by Gasteiger charge is 2.16. The van der Waals surface area contributed by atoms with E-state index in [4.69, 9.17) is 17.3 Å². The van der Waals surface area contributed by atoms with Crippen LogP contribution in [0.5, 0.6) is 0 Å². The number of rotatable bonds is 4. The molecule has 0 bridgehead atoms. The van der Waals surface area contributed by atoms with Gasteiger partial charge >= 0.3 is 5.97 Å². The minimum atomic E-state index is -0.611. The van der Waals surface area contributed by atoms with Gasteiger partial charge in [-0.1, -0.05) is 11.6 Å². The Bertz CT molecular complexity index is 422. The average Bonchev–Trinajstić information content (AvgIpc) is 2.17. The molecular weight excluding hydrogens is 234 g/mol. The maximum atomic E-state index is 11.6. The van der Waals surface area contributed by atoms with Crippen LogP contribution in [0.4, 0.5) is 5.95 Å². The molecule has 86 valence electrons. The molecule has 16 heavy (non-hydrogen) atoms. The van der Waals surface area contributed by atoms with Crippen molar-refractivity contribution >= 4 is 29.3 Å². The Morgan fingerprint density at radius 3 is 2.81 bits per heavy atom. The zero-order valence-corrected chi connectivity index (χ0v) is 9.32. The van der Waals surface area contributed by atoms with Gasteiger partial charge in [0.1, 0.15) is 11.6 Å². The zero-order valence-electron chi connectivity index (χ0n) is 8.57. The van der Waals surface area contributed by atoms with Crippen LogP contribution in [0.3, 0.4) is 0 Å². The van der Waals surface area contributed by atoms with Crippen LogP contribution < -0.4 is 5.73 Å². The largest absolute Gasteiger partial charge is 0.466 e. The van der Waals surface area contributed by atoms with Crippen molar-refractivity contribution in [3.63, 3.8) is 0 Å². The number of nitrogens with zero attached hydrogens (tertiary/aromatic N) is 2. The van der Waals surface area contributed by atoms with Gasteiger partial charge in [-0.3, -0.25) is 9.59 Å². The SMILES string of the molecule is CCOC(=O)CC(=O)c1cnc(N)nc1Cl. The fraction of sp³-hybridized carbons (Fsp3) is 0.333. The van der Waals surface area contributed by atoms with Gasteiger partial charge in [-0.2, -0.15) is 0 Å². The first-order valence-electron chi connectivity index (χ1n) is 4.51. The van der Waals surface area contributed by atoms with Gasteiger partial charge in [0.05, 0.1) is 12.2 Å². The Balaban J connectivity index is 2.77. The molecule has 0 saturated carbocycles. The quantitative estimate of drug-likeness (QED) is 0.365. The Kier molecular flexibility index (Phi) is 4.19. The lowest BCUT2D eigenvalue weighted by Gasteiger charge is -2.03. The van der Waals surface area contributed by atoms with Crippen molar-refractivity contribution in [1.29, 1.82) is 0 Å². The van der Waals surface area contributed by atoms with E-state index in [1.165, 1.54) is 6.20 Å². The summed E-state index contributed by atoms with van der Waals surface area (Å²) in [6.45, 7) is 1.87. The number of ketones is 1. The van der Waals surface area contributed by atoms with Gasteiger partial charge in [-0.25, -0.2) is 9.97 Å². The van der Waals surface area contributed by atoms with Crippen molar-refractivity contribution in [2.24, 2.45) is 0 Å². The molecule has 7 heteroatoms. The van der Waals surface area contributed by atoms with Gasteiger partial charge in [0, 0.05) is 6.20 Å². The summed E-state index contributed by atoms with van der Waals surface area (Å²) >= 11 is 5.68. The molecule has 0 aromatic carbocycles. The number of esters is 1. The molecule has 1 heterocycles. The summed E-state index contributed by atoms with van der Waals surface area (Å²) in [7, 11) is 0. The van der Waals surface area contributed by atoms with E-state index in [1.54, 1.807) is 6.92 Å². The van der Waals surface area contributed by atoms with E-state index in [9.17, 15) is 9.59 Å². The summed E-state index contributed by atoms with van der Waals surface area (Å²) < 4.78 is 4.63. The number of ether oxygens (including phenoxy) is 1. The van der Waals surface area contributed by atoms with E-state index in [2.05, 4.69) is 14.7 Å². The third-order valence-electron chi connectivity index (χ3n) is 1.67. The van der Waals surface area contributed by atoms with E-state index < -0.39 is 11.8 Å². The number of hydrogen-bond acceptors (Lipinski definition) is 6. The minimum absolute atomic E-state index is 0.0299. The van der Waals surface area contributed by atoms with E-state index >= 15 is 0 Å². The number of carbonyl (C=O) groups is 2. The highest BCUT2D eigenvalue weighted by Crippen LogP contribution is 2.14. The molecule has 0 radical (unpaired) electrons. The fourth-order valence-electron chi connectivity index (χ4n) is 0.999. The molecule has 6 nitrogen and oxygen atoms in total. The highest BCUT2D eigenvalue weighted by atomic mass is 35.5. The minimum Gasteiger partial charge on any atom is -0.466 e. The standard InChI is InChI=1S/C9H10ClN3O3/c1-2-16-7(15)3-6(14)5-4-12-9(11)13-8(5)10/h4H,2-3H2,1H3,(H2,11,12,13). The van der Waals surface area contributed by atoms with Crippen LogP contribution in [0.2, 0.25) is 5.15 Å². The molecule has 1 rings (SSSR count). The predicted octanol–water partition coefficient (Wildman–Crippen LogP) is 0.848. The molecule has 0 fully saturated rings. The number of aromatic nitrogens is 2. The van der Waals surface area contributed by atoms with Gasteiger partial charge in [-0.15, -0.1) is 0 Å². The summed E-state index contributed by atoms with van der Waals surface area (Å²) in [5.74, 6) is -1.14. The van der Waals surface area contributed by atoms with Crippen LogP contribution in [0.15, 0.2) is 6.20 Å². The number of Topliss-reactive ketones (excluding diaryl/α,β-unsaturated/α-hetero) is 1. The van der Waals surface area contributed by atoms with Crippen molar-refractivity contribution < 1.29 is 14.3 Å². The lowest BCUT2D eigenvalue weighted by Crippen LogP contribution is -2.13. The van der Waals surface area contributed by atoms with E-state index in [0.717, 1.165) is 0 Å². The second kappa shape index (κ2) is 5.41. The second-order valence-electron chi connectivity index (χ2n) is 2.84. The summed E-state index contributed by atoms with van der Waals surface area (Å²) in [4.78, 5) is 29.8. The molecule has 0 unspecified atom stereocenters. The van der Waals surface area contributed by atoms with Crippen molar-refractivity contribution in [2.75, 3.05) is 12.3 Å². The molecule has 0 aliphatic carbocycles. The van der Waals surface area contributed by atoms with E-state index in [1.807, 2.05) is 0 Å². The third-order valence-corrected chi connectivity index (χ3v) is 1.96. The van der Waals surface area contributed by atoms with Gasteiger partial charge < -0.3 is 10.5 Å². The third kappa shape index (κ3) is 3.16. The Morgan fingerprint density at radius 2 is 2.25 bits per heavy atom. The Morgan fingerprint density at radius 1 is 1.56 bits per heavy atom. The number of hydrogen-bond donors (Lipinski definition) is 1. The van der Waals surface area contributed by atoms with Crippen LogP contribution >= 0.6 is 11.6 Å². The maximum Gasteiger partial charge on any atom is 0.313 e. The predicted molar refractivity (Wildman–Crippen MR) is 57.0 cm³/mol. The molecule has 1 aromatic rings. The molecule has 0 spiro atoms. The highest BCUT2D eigenvalue weighted by molar-refractivity contribution is 6.33. The van der Waals surface area contributed by atoms with E-state index in [-0.39, 0.29) is 29.7 Å². The Labute approximate surface area is 96.8 Å². The summed E-state index contributed by atoms with van der Waals surface area (Å²) in [6, 6.07) is 0. The second-order valence-corrected chi connectivity index (χ2v) is 3.20. The maximum absolute atomic E-state index is 11.6. The first kappa shape index (κ1) is 12.4. The smallest absolute Gasteiger partial charge is 0.313 e. The first-order chi connectivity index (χ1) is 7.54. The normalized spacial score (nSPS) is 9.88. The van der Waals surface area contributed by atoms with Gasteiger partial charge in [0.15, 0.2) is 5.78 Å². The molecule has 0 saturated heterocycles. The summed E-state index contributed by atoms with van der Waals surface area (Å²) in [5.41, 5.74) is 5.33. The number of nitrogen functional groups attached to an aromatic ring is 1. The molecular formula is C9H10ClN3O3. The van der Waals surface area contributed by atoms with Crippen molar-refractivity contribution in [3.8, 4) is 0 Å². The molecule has 0 atom stereocenters.